The van der Waals surface area contributed by atoms with E-state index in [1.807, 2.05) is 25.2 Å². The Bertz CT molecular complexity index is 521. The lowest BCUT2D eigenvalue weighted by molar-refractivity contribution is 0.830. The monoisotopic (exact) mass is 234 g/mol. The smallest absolute Gasteiger partial charge is 0.0741 e. The van der Waals surface area contributed by atoms with Crippen molar-refractivity contribution in [1.82, 2.24) is 4.98 Å². The molecule has 1 heterocycles. The summed E-state index contributed by atoms with van der Waals surface area (Å²) < 4.78 is 0. The first-order valence-electron chi connectivity index (χ1n) is 5.39. The predicted molar refractivity (Wildman–Crippen MR) is 70.4 cm³/mol. The van der Waals surface area contributed by atoms with Crippen LogP contribution in [0.4, 0.5) is 5.69 Å². The molecule has 0 unspecified atom stereocenters. The van der Waals surface area contributed by atoms with Crippen LogP contribution in [-0.4, -0.2) is 12.0 Å². The van der Waals surface area contributed by atoms with E-state index in [9.17, 15) is 0 Å². The second-order valence-corrected chi connectivity index (χ2v) is 4.60. The van der Waals surface area contributed by atoms with Crippen molar-refractivity contribution in [2.45, 2.75) is 19.8 Å². The van der Waals surface area contributed by atoms with Crippen molar-refractivity contribution in [1.29, 1.82) is 0 Å². The van der Waals surface area contributed by atoms with E-state index < -0.39 is 0 Å². The van der Waals surface area contributed by atoms with Crippen LogP contribution in [0.15, 0.2) is 24.3 Å². The second kappa shape index (κ2) is 4.30. The average molecular weight is 235 g/mol. The van der Waals surface area contributed by atoms with Gasteiger partial charge >= 0.3 is 0 Å². The molecule has 0 fully saturated rings. The quantitative estimate of drug-likeness (QED) is 0.848. The summed E-state index contributed by atoms with van der Waals surface area (Å²) in [6, 6.07) is 7.90. The number of nitrogens with zero attached hydrogens (tertiary/aromatic N) is 1. The summed E-state index contributed by atoms with van der Waals surface area (Å²) in [7, 11) is 1.92. The van der Waals surface area contributed by atoms with Crippen molar-refractivity contribution >= 4 is 28.2 Å². The molecule has 0 aliphatic heterocycles. The van der Waals surface area contributed by atoms with Gasteiger partial charge in [-0.2, -0.15) is 0 Å². The minimum Gasteiger partial charge on any atom is -0.388 e. The highest BCUT2D eigenvalue weighted by molar-refractivity contribution is 6.31. The van der Waals surface area contributed by atoms with Gasteiger partial charge in [0.15, 0.2) is 0 Å². The topological polar surface area (TPSA) is 24.9 Å². The molecule has 0 saturated heterocycles. The minimum absolute atomic E-state index is 0.412. The van der Waals surface area contributed by atoms with Crippen LogP contribution in [0.1, 0.15) is 25.5 Å². The Morgan fingerprint density at radius 1 is 1.25 bits per heavy atom. The summed E-state index contributed by atoms with van der Waals surface area (Å²) in [6.45, 7) is 4.27. The van der Waals surface area contributed by atoms with Gasteiger partial charge in [0.25, 0.3) is 0 Å². The van der Waals surface area contributed by atoms with Gasteiger partial charge in [-0.05, 0) is 30.2 Å². The van der Waals surface area contributed by atoms with E-state index in [2.05, 4.69) is 30.2 Å². The third kappa shape index (κ3) is 1.98. The molecule has 2 aromatic rings. The van der Waals surface area contributed by atoms with E-state index in [4.69, 9.17) is 11.6 Å². The third-order valence-electron chi connectivity index (χ3n) is 2.65. The van der Waals surface area contributed by atoms with Gasteiger partial charge in [-0.3, -0.25) is 4.98 Å². The molecule has 0 aliphatic rings. The fourth-order valence-electron chi connectivity index (χ4n) is 1.72. The Hall–Kier alpha value is -1.28. The van der Waals surface area contributed by atoms with Crippen LogP contribution in [0.25, 0.3) is 10.9 Å². The summed E-state index contributed by atoms with van der Waals surface area (Å²) in [6.07, 6.45) is 0. The SMILES string of the molecule is CNc1cc(C(C)C)nc2cc(Cl)ccc12. The first-order chi connectivity index (χ1) is 7.61. The maximum Gasteiger partial charge on any atom is 0.0741 e. The van der Waals surface area contributed by atoms with E-state index >= 15 is 0 Å². The molecule has 0 atom stereocenters. The maximum absolute atomic E-state index is 5.99. The van der Waals surface area contributed by atoms with Gasteiger partial charge in [0.2, 0.25) is 0 Å². The Kier molecular flexibility index (Phi) is 3.01. The molecule has 0 bridgehead atoms. The Labute approximate surface area is 101 Å². The highest BCUT2D eigenvalue weighted by atomic mass is 35.5. The number of aromatic nitrogens is 1. The number of rotatable bonds is 2. The molecule has 2 rings (SSSR count). The highest BCUT2D eigenvalue weighted by Crippen LogP contribution is 2.27. The molecule has 1 N–H and O–H groups in total. The molecule has 0 saturated carbocycles. The van der Waals surface area contributed by atoms with Crippen LogP contribution in [-0.2, 0) is 0 Å². The molecule has 1 aromatic heterocycles. The van der Waals surface area contributed by atoms with E-state index in [-0.39, 0.29) is 0 Å². The van der Waals surface area contributed by atoms with Gasteiger partial charge in [0, 0.05) is 28.8 Å². The fraction of sp³-hybridized carbons (Fsp3) is 0.308. The van der Waals surface area contributed by atoms with Crippen molar-refractivity contribution < 1.29 is 0 Å². The van der Waals surface area contributed by atoms with Crippen molar-refractivity contribution in [3.8, 4) is 0 Å². The molecule has 3 heteroatoms. The first kappa shape index (κ1) is 11.2. The van der Waals surface area contributed by atoms with Crippen LogP contribution in [0.5, 0.6) is 0 Å². The van der Waals surface area contributed by atoms with Crippen LogP contribution >= 0.6 is 11.6 Å². The lowest BCUT2D eigenvalue weighted by atomic mass is 10.1. The lowest BCUT2D eigenvalue weighted by Gasteiger charge is -2.11. The predicted octanol–water partition coefficient (Wildman–Crippen LogP) is 4.05. The van der Waals surface area contributed by atoms with Gasteiger partial charge in [-0.1, -0.05) is 25.4 Å². The fourth-order valence-corrected chi connectivity index (χ4v) is 1.89. The van der Waals surface area contributed by atoms with Crippen LogP contribution in [0.3, 0.4) is 0 Å². The summed E-state index contributed by atoms with van der Waals surface area (Å²) >= 11 is 5.99. The molecule has 0 aliphatic carbocycles. The largest absolute Gasteiger partial charge is 0.388 e. The Morgan fingerprint density at radius 3 is 2.62 bits per heavy atom. The Morgan fingerprint density at radius 2 is 2.00 bits per heavy atom. The number of pyridine rings is 1. The summed E-state index contributed by atoms with van der Waals surface area (Å²) in [4.78, 5) is 4.62. The van der Waals surface area contributed by atoms with Crippen molar-refractivity contribution in [2.75, 3.05) is 12.4 Å². The summed E-state index contributed by atoms with van der Waals surface area (Å²) in [5.74, 6) is 0.412. The van der Waals surface area contributed by atoms with E-state index in [0.717, 1.165) is 27.3 Å². The number of benzene rings is 1. The highest BCUT2D eigenvalue weighted by Gasteiger charge is 2.07. The number of nitrogens with one attached hydrogen (secondary N) is 1. The van der Waals surface area contributed by atoms with Gasteiger partial charge in [-0.25, -0.2) is 0 Å². The number of hydrogen-bond donors (Lipinski definition) is 1. The van der Waals surface area contributed by atoms with E-state index in [1.54, 1.807) is 0 Å². The van der Waals surface area contributed by atoms with Crippen LogP contribution < -0.4 is 5.32 Å². The standard InChI is InChI=1S/C13H15ClN2/c1-8(2)11-7-12(15-3)10-5-4-9(14)6-13(10)16-11/h4-8H,1-3H3,(H,15,16). The minimum atomic E-state index is 0.412. The zero-order valence-corrected chi connectivity index (χ0v) is 10.5. The zero-order chi connectivity index (χ0) is 11.7. The Balaban J connectivity index is 2.73. The molecular formula is C13H15ClN2. The molecule has 2 nitrogen and oxygen atoms in total. The lowest BCUT2D eigenvalue weighted by Crippen LogP contribution is -1.98. The van der Waals surface area contributed by atoms with Gasteiger partial charge in [0.05, 0.1) is 5.52 Å². The van der Waals surface area contributed by atoms with Crippen molar-refractivity contribution in [2.24, 2.45) is 0 Å². The molecule has 0 amide bonds. The first-order valence-corrected chi connectivity index (χ1v) is 5.77. The molecule has 84 valence electrons. The van der Waals surface area contributed by atoms with Crippen molar-refractivity contribution in [3.63, 3.8) is 0 Å². The van der Waals surface area contributed by atoms with Crippen molar-refractivity contribution in [3.05, 3.63) is 35.0 Å². The van der Waals surface area contributed by atoms with Gasteiger partial charge in [0.1, 0.15) is 0 Å². The van der Waals surface area contributed by atoms with E-state index in [0.29, 0.717) is 5.92 Å². The van der Waals surface area contributed by atoms with Gasteiger partial charge < -0.3 is 5.32 Å². The van der Waals surface area contributed by atoms with Crippen LogP contribution in [0, 0.1) is 0 Å². The number of anilines is 1. The maximum atomic E-state index is 5.99. The molecule has 1 aromatic carbocycles. The average Bonchev–Trinajstić information content (AvgIpc) is 2.26. The summed E-state index contributed by atoms with van der Waals surface area (Å²) in [5.41, 5.74) is 3.13. The number of halogens is 1. The van der Waals surface area contributed by atoms with Crippen LogP contribution in [0.2, 0.25) is 5.02 Å². The number of hydrogen-bond acceptors (Lipinski definition) is 2. The normalized spacial score (nSPS) is 11.1. The molecular weight excluding hydrogens is 220 g/mol. The number of fused-ring (bicyclic) bond motifs is 1. The third-order valence-corrected chi connectivity index (χ3v) is 2.89. The molecule has 16 heavy (non-hydrogen) atoms. The summed E-state index contributed by atoms with van der Waals surface area (Å²) in [5, 5.41) is 5.03. The van der Waals surface area contributed by atoms with Gasteiger partial charge in [-0.15, -0.1) is 0 Å². The second-order valence-electron chi connectivity index (χ2n) is 4.16. The molecule has 0 spiro atoms. The van der Waals surface area contributed by atoms with E-state index in [1.165, 1.54) is 0 Å². The molecule has 0 radical (unpaired) electrons. The zero-order valence-electron chi connectivity index (χ0n) is 9.71.